The second-order valence-corrected chi connectivity index (χ2v) is 6.01. The minimum Gasteiger partial charge on any atom is -0.468 e. The molecule has 0 heterocycles. The molecule has 28 heavy (non-hydrogen) atoms. The number of carbonyl (C=O) groups is 3. The number of methoxy groups -OCH3 is 1. The molecular weight excluding hydrogens is 382 g/mol. The van der Waals surface area contributed by atoms with Crippen molar-refractivity contribution in [2.24, 2.45) is 5.73 Å². The van der Waals surface area contributed by atoms with Gasteiger partial charge in [-0.2, -0.15) is 0 Å². The number of hydrogen-bond donors (Lipinski definition) is 3. The molecule has 0 aromatic heterocycles. The van der Waals surface area contributed by atoms with E-state index in [0.717, 1.165) is 11.1 Å². The molecule has 8 heteroatoms. The molecule has 1 atom stereocenters. The van der Waals surface area contributed by atoms with Crippen LogP contribution in [0.5, 0.6) is 0 Å². The number of carbonyl (C=O) groups excluding carboxylic acids is 3. The van der Waals surface area contributed by atoms with E-state index in [9.17, 15) is 14.4 Å². The summed E-state index contributed by atoms with van der Waals surface area (Å²) >= 11 is 0. The predicted octanol–water partition coefficient (Wildman–Crippen LogP) is 1.45. The van der Waals surface area contributed by atoms with Gasteiger partial charge in [0.25, 0.3) is 0 Å². The van der Waals surface area contributed by atoms with Gasteiger partial charge in [-0.05, 0) is 29.7 Å². The van der Waals surface area contributed by atoms with E-state index in [-0.39, 0.29) is 37.2 Å². The summed E-state index contributed by atoms with van der Waals surface area (Å²) in [6.07, 6.45) is 0.573. The first-order chi connectivity index (χ1) is 13.0. The molecule has 4 N–H and O–H groups in total. The Kier molecular flexibility index (Phi) is 9.70. The van der Waals surface area contributed by atoms with E-state index < -0.39 is 12.0 Å². The third kappa shape index (κ3) is 7.77. The number of rotatable bonds is 8. The lowest BCUT2D eigenvalue weighted by molar-refractivity contribution is -0.141. The topological polar surface area (TPSA) is 111 Å². The van der Waals surface area contributed by atoms with Crippen LogP contribution in [-0.4, -0.2) is 37.5 Å². The Hall–Kier alpha value is -2.90. The Balaban J connectivity index is 0.00000392. The van der Waals surface area contributed by atoms with Crippen LogP contribution in [0.1, 0.15) is 11.1 Å². The Morgan fingerprint density at radius 3 is 2.25 bits per heavy atom. The molecule has 0 aliphatic carbocycles. The maximum atomic E-state index is 12.2. The van der Waals surface area contributed by atoms with Crippen molar-refractivity contribution in [2.45, 2.75) is 18.9 Å². The molecular formula is C20H24ClN3O4. The fourth-order valence-corrected chi connectivity index (χ4v) is 2.39. The van der Waals surface area contributed by atoms with Crippen molar-refractivity contribution < 1.29 is 19.1 Å². The number of esters is 1. The largest absolute Gasteiger partial charge is 0.468 e. The molecule has 150 valence electrons. The van der Waals surface area contributed by atoms with Gasteiger partial charge in [-0.15, -0.1) is 12.4 Å². The van der Waals surface area contributed by atoms with E-state index in [1.54, 1.807) is 24.3 Å². The Bertz CT molecular complexity index is 782. The van der Waals surface area contributed by atoms with E-state index in [1.807, 2.05) is 30.3 Å². The van der Waals surface area contributed by atoms with Crippen molar-refractivity contribution in [1.29, 1.82) is 0 Å². The normalized spacial score (nSPS) is 10.9. The Morgan fingerprint density at radius 2 is 1.64 bits per heavy atom. The summed E-state index contributed by atoms with van der Waals surface area (Å²) in [5, 5.41) is 5.23. The van der Waals surface area contributed by atoms with Crippen molar-refractivity contribution in [3.05, 3.63) is 65.7 Å². The van der Waals surface area contributed by atoms with Crippen LogP contribution in [0.15, 0.2) is 54.6 Å². The number of nitrogens with two attached hydrogens (primary N) is 1. The van der Waals surface area contributed by atoms with Gasteiger partial charge in [0.1, 0.15) is 6.54 Å². The van der Waals surface area contributed by atoms with Gasteiger partial charge >= 0.3 is 5.97 Å². The summed E-state index contributed by atoms with van der Waals surface area (Å²) in [6.45, 7) is -0.164. The molecule has 0 saturated heterocycles. The zero-order valence-electron chi connectivity index (χ0n) is 15.5. The van der Waals surface area contributed by atoms with Crippen LogP contribution in [0.2, 0.25) is 0 Å². The highest BCUT2D eigenvalue weighted by atomic mass is 35.5. The molecule has 0 aliphatic rings. The van der Waals surface area contributed by atoms with Crippen LogP contribution in [0.3, 0.4) is 0 Å². The monoisotopic (exact) mass is 405 g/mol. The van der Waals surface area contributed by atoms with Crippen LogP contribution in [0.25, 0.3) is 0 Å². The van der Waals surface area contributed by atoms with Gasteiger partial charge in [-0.3, -0.25) is 14.4 Å². The van der Waals surface area contributed by atoms with Gasteiger partial charge in [0, 0.05) is 5.69 Å². The smallest absolute Gasteiger partial charge is 0.325 e. The first-order valence-electron chi connectivity index (χ1n) is 8.50. The molecule has 0 aliphatic heterocycles. The maximum Gasteiger partial charge on any atom is 0.325 e. The second-order valence-electron chi connectivity index (χ2n) is 6.01. The second kappa shape index (κ2) is 11.7. The lowest BCUT2D eigenvalue weighted by atomic mass is 10.1. The number of halogens is 1. The summed E-state index contributed by atoms with van der Waals surface area (Å²) < 4.78 is 4.46. The number of benzene rings is 2. The molecule has 0 spiro atoms. The van der Waals surface area contributed by atoms with Gasteiger partial charge in [-0.1, -0.05) is 42.5 Å². The third-order valence-corrected chi connectivity index (χ3v) is 3.88. The number of hydrogen-bond acceptors (Lipinski definition) is 5. The Morgan fingerprint density at radius 1 is 1.00 bits per heavy atom. The molecule has 0 fully saturated rings. The number of amides is 2. The minimum atomic E-state index is -0.656. The van der Waals surface area contributed by atoms with Gasteiger partial charge in [0.05, 0.1) is 19.6 Å². The quantitative estimate of drug-likeness (QED) is 0.576. The maximum absolute atomic E-state index is 12.2. The van der Waals surface area contributed by atoms with Crippen molar-refractivity contribution in [3.63, 3.8) is 0 Å². The SMILES string of the molecule is COC(=O)CNC(=O)Cc1ccc(NC(=O)[C@@H](N)Cc2ccccc2)cc1.Cl. The van der Waals surface area contributed by atoms with E-state index >= 15 is 0 Å². The van der Waals surface area contributed by atoms with Crippen molar-refractivity contribution in [1.82, 2.24) is 5.32 Å². The van der Waals surface area contributed by atoms with Gasteiger partial charge < -0.3 is 21.1 Å². The highest BCUT2D eigenvalue weighted by Gasteiger charge is 2.14. The molecule has 0 bridgehead atoms. The van der Waals surface area contributed by atoms with Gasteiger partial charge in [0.2, 0.25) is 11.8 Å². The molecule has 2 aromatic rings. The fourth-order valence-electron chi connectivity index (χ4n) is 2.39. The first-order valence-corrected chi connectivity index (χ1v) is 8.50. The van der Waals surface area contributed by atoms with Gasteiger partial charge in [-0.25, -0.2) is 0 Å². The molecule has 0 radical (unpaired) electrons. The average molecular weight is 406 g/mol. The summed E-state index contributed by atoms with van der Waals surface area (Å²) in [6, 6.07) is 15.8. The van der Waals surface area contributed by atoms with Crippen LogP contribution in [0, 0.1) is 0 Å². The lowest BCUT2D eigenvalue weighted by Gasteiger charge is -2.13. The first kappa shape index (κ1) is 23.1. The Labute approximate surface area is 170 Å². The summed E-state index contributed by atoms with van der Waals surface area (Å²) in [4.78, 5) is 35.0. The number of ether oxygens (including phenoxy) is 1. The number of anilines is 1. The van der Waals surface area contributed by atoms with Crippen LogP contribution >= 0.6 is 12.4 Å². The van der Waals surface area contributed by atoms with Crippen molar-refractivity contribution in [3.8, 4) is 0 Å². The molecule has 2 rings (SSSR count). The van der Waals surface area contributed by atoms with Crippen LogP contribution in [-0.2, 0) is 32.0 Å². The summed E-state index contributed by atoms with van der Waals surface area (Å²) in [7, 11) is 1.26. The van der Waals surface area contributed by atoms with Crippen molar-refractivity contribution in [2.75, 3.05) is 19.0 Å². The predicted molar refractivity (Wildman–Crippen MR) is 109 cm³/mol. The number of nitrogens with one attached hydrogen (secondary N) is 2. The molecule has 7 nitrogen and oxygen atoms in total. The zero-order valence-corrected chi connectivity index (χ0v) is 16.3. The minimum absolute atomic E-state index is 0. The van der Waals surface area contributed by atoms with Crippen molar-refractivity contribution >= 4 is 35.9 Å². The fraction of sp³-hybridized carbons (Fsp3) is 0.250. The standard InChI is InChI=1S/C20H23N3O4.ClH/c1-27-19(25)13-22-18(24)12-15-7-9-16(10-8-15)23-20(26)17(21)11-14-5-3-2-4-6-14;/h2-10,17H,11-13,21H2,1H3,(H,22,24)(H,23,26);1H/t17-;/m0./s1. The molecule has 2 amide bonds. The van der Waals surface area contributed by atoms with Gasteiger partial charge in [0.15, 0.2) is 0 Å². The van der Waals surface area contributed by atoms with E-state index in [4.69, 9.17) is 5.73 Å². The summed E-state index contributed by atoms with van der Waals surface area (Å²) in [5.41, 5.74) is 8.31. The van der Waals surface area contributed by atoms with E-state index in [1.165, 1.54) is 7.11 Å². The molecule has 0 saturated carbocycles. The molecule has 0 unspecified atom stereocenters. The van der Waals surface area contributed by atoms with Crippen LogP contribution < -0.4 is 16.4 Å². The highest BCUT2D eigenvalue weighted by molar-refractivity contribution is 5.95. The third-order valence-electron chi connectivity index (χ3n) is 3.88. The zero-order chi connectivity index (χ0) is 19.6. The van der Waals surface area contributed by atoms with E-state index in [2.05, 4.69) is 15.4 Å². The van der Waals surface area contributed by atoms with E-state index in [0.29, 0.717) is 12.1 Å². The van der Waals surface area contributed by atoms with Crippen LogP contribution in [0.4, 0.5) is 5.69 Å². The lowest BCUT2D eigenvalue weighted by Crippen LogP contribution is -2.37. The summed E-state index contributed by atoms with van der Waals surface area (Å²) in [5.74, 6) is -1.07. The average Bonchev–Trinajstić information content (AvgIpc) is 2.68. The molecule has 2 aromatic carbocycles. The highest BCUT2D eigenvalue weighted by Crippen LogP contribution is 2.11.